The highest BCUT2D eigenvalue weighted by atomic mass is 32.1. The monoisotopic (exact) mass is 274 g/mol. The Hall–Kier alpha value is -2.01. The molecule has 3 aromatic heterocycles. The summed E-state index contributed by atoms with van der Waals surface area (Å²) < 4.78 is 8.29. The first-order chi connectivity index (χ1) is 9.25. The summed E-state index contributed by atoms with van der Waals surface area (Å²) >= 11 is 1.65. The lowest BCUT2D eigenvalue weighted by molar-refractivity contribution is 0.0946. The van der Waals surface area contributed by atoms with E-state index >= 15 is 0 Å². The maximum atomic E-state index is 12.1. The molecule has 3 heterocycles. The van der Waals surface area contributed by atoms with E-state index in [2.05, 4.69) is 5.32 Å². The fraction of sp³-hybridized carbons (Fsp3) is 0.214. The molecule has 4 nitrogen and oxygen atoms in total. The predicted octanol–water partition coefficient (Wildman–Crippen LogP) is 2.81. The Bertz CT molecular complexity index is 694. The van der Waals surface area contributed by atoms with Crippen molar-refractivity contribution < 1.29 is 9.21 Å². The van der Waals surface area contributed by atoms with Gasteiger partial charge in [-0.15, -0.1) is 11.3 Å². The minimum absolute atomic E-state index is 0.0440. The first kappa shape index (κ1) is 12.0. The maximum absolute atomic E-state index is 12.1. The van der Waals surface area contributed by atoms with Gasteiger partial charge in [-0.2, -0.15) is 0 Å². The van der Waals surface area contributed by atoms with Gasteiger partial charge in [0.1, 0.15) is 11.5 Å². The van der Waals surface area contributed by atoms with Crippen LogP contribution in [-0.2, 0) is 13.5 Å². The topological polar surface area (TPSA) is 47.2 Å². The number of hydrogen-bond donors (Lipinski definition) is 1. The van der Waals surface area contributed by atoms with E-state index in [-0.39, 0.29) is 5.91 Å². The van der Waals surface area contributed by atoms with Gasteiger partial charge in [0.2, 0.25) is 0 Å². The van der Waals surface area contributed by atoms with Crippen LogP contribution in [0.3, 0.4) is 0 Å². The van der Waals surface area contributed by atoms with Crippen molar-refractivity contribution in [1.82, 2.24) is 9.88 Å². The summed E-state index contributed by atoms with van der Waals surface area (Å²) in [6.07, 6.45) is 2.35. The van der Waals surface area contributed by atoms with Gasteiger partial charge in [-0.05, 0) is 29.6 Å². The average Bonchev–Trinajstić information content (AvgIpc) is 3.09. The third kappa shape index (κ3) is 2.29. The van der Waals surface area contributed by atoms with Crippen molar-refractivity contribution in [3.05, 3.63) is 47.4 Å². The molecule has 5 heteroatoms. The first-order valence-electron chi connectivity index (χ1n) is 6.09. The lowest BCUT2D eigenvalue weighted by Crippen LogP contribution is -2.27. The van der Waals surface area contributed by atoms with E-state index in [0.717, 1.165) is 16.0 Å². The number of amides is 1. The van der Waals surface area contributed by atoms with Gasteiger partial charge >= 0.3 is 0 Å². The number of fused-ring (bicyclic) bond motifs is 1. The number of hydrogen-bond acceptors (Lipinski definition) is 3. The number of rotatable bonds is 4. The summed E-state index contributed by atoms with van der Waals surface area (Å²) in [6, 6.07) is 7.72. The minimum atomic E-state index is -0.0440. The molecule has 0 bridgehead atoms. The van der Waals surface area contributed by atoms with E-state index in [0.29, 0.717) is 18.7 Å². The molecule has 3 rings (SSSR count). The van der Waals surface area contributed by atoms with Crippen molar-refractivity contribution in [1.29, 1.82) is 0 Å². The van der Waals surface area contributed by atoms with Crippen LogP contribution in [0.25, 0.3) is 10.2 Å². The second-order valence-electron chi connectivity index (χ2n) is 4.34. The molecule has 19 heavy (non-hydrogen) atoms. The molecule has 0 spiro atoms. The molecule has 3 aromatic rings. The van der Waals surface area contributed by atoms with Crippen molar-refractivity contribution in [2.45, 2.75) is 6.42 Å². The van der Waals surface area contributed by atoms with E-state index in [1.165, 1.54) is 0 Å². The fourth-order valence-electron chi connectivity index (χ4n) is 2.11. The highest BCUT2D eigenvalue weighted by Crippen LogP contribution is 2.23. The van der Waals surface area contributed by atoms with Crippen LogP contribution in [0.15, 0.2) is 40.3 Å². The summed E-state index contributed by atoms with van der Waals surface area (Å²) in [5.41, 5.74) is 1.79. The molecule has 1 amide bonds. The van der Waals surface area contributed by atoms with Gasteiger partial charge in [0, 0.05) is 20.0 Å². The largest absolute Gasteiger partial charge is 0.469 e. The number of nitrogens with one attached hydrogen (secondary N) is 1. The number of carbonyl (C=O) groups excluding carboxylic acids is 1. The Balaban J connectivity index is 1.66. The van der Waals surface area contributed by atoms with Gasteiger partial charge < -0.3 is 14.3 Å². The molecule has 0 saturated carbocycles. The number of aromatic nitrogens is 1. The fourth-order valence-corrected chi connectivity index (χ4v) is 2.96. The van der Waals surface area contributed by atoms with E-state index in [1.54, 1.807) is 17.6 Å². The lowest BCUT2D eigenvalue weighted by Gasteiger charge is -2.05. The third-order valence-electron chi connectivity index (χ3n) is 3.13. The molecular formula is C14H14N2O2S. The Morgan fingerprint density at radius 3 is 3.11 bits per heavy atom. The molecule has 0 aliphatic rings. The quantitative estimate of drug-likeness (QED) is 0.795. The molecule has 1 N–H and O–H groups in total. The highest BCUT2D eigenvalue weighted by molar-refractivity contribution is 7.17. The molecule has 0 fully saturated rings. The van der Waals surface area contributed by atoms with Crippen LogP contribution >= 0.6 is 11.3 Å². The molecule has 0 saturated heterocycles. The first-order valence-corrected chi connectivity index (χ1v) is 6.97. The smallest absolute Gasteiger partial charge is 0.267 e. The third-order valence-corrected chi connectivity index (χ3v) is 3.99. The summed E-state index contributed by atoms with van der Waals surface area (Å²) in [7, 11) is 1.91. The average molecular weight is 274 g/mol. The standard InChI is InChI=1S/C14H14N2O2S/c1-16-11-5-8-19-13(11)9-12(16)14(17)15-6-4-10-3-2-7-18-10/h2-3,5,7-9H,4,6H2,1H3,(H,15,17). The van der Waals surface area contributed by atoms with Crippen LogP contribution in [0.4, 0.5) is 0 Å². The van der Waals surface area contributed by atoms with Gasteiger partial charge in [0.15, 0.2) is 0 Å². The zero-order valence-corrected chi connectivity index (χ0v) is 11.4. The summed E-state index contributed by atoms with van der Waals surface area (Å²) in [4.78, 5) is 12.1. The van der Waals surface area contributed by atoms with Crippen molar-refractivity contribution in [2.75, 3.05) is 6.54 Å². The molecular weight excluding hydrogens is 260 g/mol. The van der Waals surface area contributed by atoms with Gasteiger partial charge in [0.05, 0.1) is 16.5 Å². The number of thiophene rings is 1. The number of nitrogens with zero attached hydrogens (tertiary/aromatic N) is 1. The molecule has 0 radical (unpaired) electrons. The second-order valence-corrected chi connectivity index (χ2v) is 5.29. The van der Waals surface area contributed by atoms with E-state index in [4.69, 9.17) is 4.42 Å². The Labute approximate surface area is 114 Å². The summed E-state index contributed by atoms with van der Waals surface area (Å²) in [5, 5.41) is 4.94. The summed E-state index contributed by atoms with van der Waals surface area (Å²) in [6.45, 7) is 0.575. The van der Waals surface area contributed by atoms with Gasteiger partial charge in [-0.1, -0.05) is 0 Å². The molecule has 98 valence electrons. The zero-order valence-electron chi connectivity index (χ0n) is 10.6. The second kappa shape index (κ2) is 4.93. The Morgan fingerprint density at radius 2 is 2.37 bits per heavy atom. The Morgan fingerprint density at radius 1 is 1.47 bits per heavy atom. The molecule has 0 aliphatic carbocycles. The number of aryl methyl sites for hydroxylation is 1. The highest BCUT2D eigenvalue weighted by Gasteiger charge is 2.13. The van der Waals surface area contributed by atoms with Gasteiger partial charge in [-0.3, -0.25) is 4.79 Å². The van der Waals surface area contributed by atoms with E-state index < -0.39 is 0 Å². The molecule has 0 atom stereocenters. The molecule has 0 aliphatic heterocycles. The maximum Gasteiger partial charge on any atom is 0.267 e. The van der Waals surface area contributed by atoms with Gasteiger partial charge in [0.25, 0.3) is 5.91 Å². The van der Waals surface area contributed by atoms with Crippen LogP contribution in [0.5, 0.6) is 0 Å². The van der Waals surface area contributed by atoms with Crippen molar-refractivity contribution in [3.63, 3.8) is 0 Å². The van der Waals surface area contributed by atoms with Crippen molar-refractivity contribution in [3.8, 4) is 0 Å². The number of carbonyl (C=O) groups is 1. The van der Waals surface area contributed by atoms with E-state index in [1.807, 2.05) is 41.3 Å². The lowest BCUT2D eigenvalue weighted by atomic mass is 10.3. The molecule has 0 unspecified atom stereocenters. The minimum Gasteiger partial charge on any atom is -0.469 e. The predicted molar refractivity (Wildman–Crippen MR) is 75.5 cm³/mol. The SMILES string of the molecule is Cn1c(C(=O)NCCc2ccco2)cc2sccc21. The van der Waals surface area contributed by atoms with Crippen LogP contribution in [0.2, 0.25) is 0 Å². The van der Waals surface area contributed by atoms with E-state index in [9.17, 15) is 4.79 Å². The van der Waals surface area contributed by atoms with Crippen molar-refractivity contribution >= 4 is 27.5 Å². The van der Waals surface area contributed by atoms with Crippen LogP contribution < -0.4 is 5.32 Å². The van der Waals surface area contributed by atoms with Crippen LogP contribution in [0, 0.1) is 0 Å². The normalized spacial score (nSPS) is 11.0. The number of furan rings is 1. The molecule has 0 aromatic carbocycles. The van der Waals surface area contributed by atoms with Crippen LogP contribution in [0.1, 0.15) is 16.2 Å². The summed E-state index contributed by atoms with van der Waals surface area (Å²) in [5.74, 6) is 0.839. The zero-order chi connectivity index (χ0) is 13.2. The Kier molecular flexibility index (Phi) is 3.13. The van der Waals surface area contributed by atoms with Crippen molar-refractivity contribution in [2.24, 2.45) is 7.05 Å². The van der Waals surface area contributed by atoms with Crippen LogP contribution in [-0.4, -0.2) is 17.0 Å². The van der Waals surface area contributed by atoms with Gasteiger partial charge in [-0.25, -0.2) is 0 Å².